The third-order valence-electron chi connectivity index (χ3n) is 2.44. The van der Waals surface area contributed by atoms with Gasteiger partial charge in [-0.25, -0.2) is 0 Å². The zero-order chi connectivity index (χ0) is 10.4. The summed E-state index contributed by atoms with van der Waals surface area (Å²) in [6, 6.07) is 0.262. The van der Waals surface area contributed by atoms with Crippen LogP contribution in [-0.2, 0) is 14.3 Å². The predicted molar refractivity (Wildman–Crippen MR) is 53.1 cm³/mol. The van der Waals surface area contributed by atoms with Crippen LogP contribution in [0.4, 0.5) is 0 Å². The molecule has 1 aliphatic heterocycles. The van der Waals surface area contributed by atoms with Gasteiger partial charge >= 0.3 is 5.97 Å². The van der Waals surface area contributed by atoms with Crippen molar-refractivity contribution in [3.8, 4) is 0 Å². The maximum absolute atomic E-state index is 11.2. The molecule has 82 valence electrons. The Hall–Kier alpha value is -0.610. The van der Waals surface area contributed by atoms with E-state index in [9.17, 15) is 4.79 Å². The maximum Gasteiger partial charge on any atom is 0.307 e. The molecule has 0 radical (unpaired) electrons. The van der Waals surface area contributed by atoms with Crippen molar-refractivity contribution in [1.29, 1.82) is 0 Å². The van der Waals surface area contributed by atoms with E-state index in [0.717, 1.165) is 26.3 Å². The third kappa shape index (κ3) is 3.64. The maximum atomic E-state index is 11.2. The van der Waals surface area contributed by atoms with Crippen LogP contribution >= 0.6 is 0 Å². The molecule has 1 saturated heterocycles. The van der Waals surface area contributed by atoms with E-state index >= 15 is 0 Å². The molecule has 0 aromatic rings. The van der Waals surface area contributed by atoms with Crippen molar-refractivity contribution in [3.05, 3.63) is 0 Å². The average molecular weight is 201 g/mol. The number of morpholine rings is 1. The Kier molecular flexibility index (Phi) is 4.90. The predicted octanol–water partition coefficient (Wildman–Crippen LogP) is 0.660. The van der Waals surface area contributed by atoms with Crippen molar-refractivity contribution in [2.45, 2.75) is 26.3 Å². The summed E-state index contributed by atoms with van der Waals surface area (Å²) >= 11 is 0. The molecule has 0 aliphatic carbocycles. The summed E-state index contributed by atoms with van der Waals surface area (Å²) in [6.45, 7) is 7.73. The molecule has 1 fully saturated rings. The molecule has 0 N–H and O–H groups in total. The van der Waals surface area contributed by atoms with E-state index in [0.29, 0.717) is 13.0 Å². The number of rotatable bonds is 4. The lowest BCUT2D eigenvalue weighted by Crippen LogP contribution is -2.43. The fourth-order valence-corrected chi connectivity index (χ4v) is 1.61. The van der Waals surface area contributed by atoms with Crippen LogP contribution in [0.3, 0.4) is 0 Å². The van der Waals surface area contributed by atoms with E-state index in [1.165, 1.54) is 0 Å². The van der Waals surface area contributed by atoms with Crippen LogP contribution in [0.5, 0.6) is 0 Å². The number of carbonyl (C=O) groups is 1. The SMILES string of the molecule is CCOC(=O)CC(C)N1CCOCC1. The number of hydrogen-bond acceptors (Lipinski definition) is 4. The highest BCUT2D eigenvalue weighted by Crippen LogP contribution is 2.07. The van der Waals surface area contributed by atoms with Crippen molar-refractivity contribution < 1.29 is 14.3 Å². The van der Waals surface area contributed by atoms with Gasteiger partial charge in [0.05, 0.1) is 26.2 Å². The first-order valence-corrected chi connectivity index (χ1v) is 5.21. The minimum atomic E-state index is -0.105. The number of esters is 1. The smallest absolute Gasteiger partial charge is 0.307 e. The van der Waals surface area contributed by atoms with Gasteiger partial charge in [-0.15, -0.1) is 0 Å². The van der Waals surface area contributed by atoms with Crippen LogP contribution in [0.25, 0.3) is 0 Å². The Labute approximate surface area is 85.2 Å². The Bertz CT molecular complexity index is 178. The van der Waals surface area contributed by atoms with Gasteiger partial charge in [0, 0.05) is 19.1 Å². The lowest BCUT2D eigenvalue weighted by molar-refractivity contribution is -0.144. The second-order valence-electron chi connectivity index (χ2n) is 3.51. The van der Waals surface area contributed by atoms with Crippen molar-refractivity contribution in [2.75, 3.05) is 32.9 Å². The fourth-order valence-electron chi connectivity index (χ4n) is 1.61. The van der Waals surface area contributed by atoms with E-state index in [-0.39, 0.29) is 12.0 Å². The fraction of sp³-hybridized carbons (Fsp3) is 0.900. The topological polar surface area (TPSA) is 38.8 Å². The van der Waals surface area contributed by atoms with Crippen LogP contribution < -0.4 is 0 Å². The van der Waals surface area contributed by atoms with Crippen molar-refractivity contribution in [1.82, 2.24) is 4.90 Å². The molecule has 1 heterocycles. The summed E-state index contributed by atoms with van der Waals surface area (Å²) in [5.41, 5.74) is 0. The number of nitrogens with zero attached hydrogens (tertiary/aromatic N) is 1. The van der Waals surface area contributed by atoms with E-state index < -0.39 is 0 Å². The zero-order valence-corrected chi connectivity index (χ0v) is 8.99. The Morgan fingerprint density at radius 3 is 2.71 bits per heavy atom. The van der Waals surface area contributed by atoms with Gasteiger partial charge in [-0.3, -0.25) is 9.69 Å². The van der Waals surface area contributed by atoms with Gasteiger partial charge in [-0.1, -0.05) is 0 Å². The van der Waals surface area contributed by atoms with Crippen LogP contribution in [0.15, 0.2) is 0 Å². The molecule has 1 unspecified atom stereocenters. The molecule has 14 heavy (non-hydrogen) atoms. The lowest BCUT2D eigenvalue weighted by atomic mass is 10.2. The van der Waals surface area contributed by atoms with Gasteiger partial charge in [-0.05, 0) is 13.8 Å². The van der Waals surface area contributed by atoms with Gasteiger partial charge in [0.15, 0.2) is 0 Å². The molecule has 4 heteroatoms. The average Bonchev–Trinajstić information content (AvgIpc) is 2.19. The summed E-state index contributed by atoms with van der Waals surface area (Å²) < 4.78 is 10.2. The van der Waals surface area contributed by atoms with Gasteiger partial charge in [-0.2, -0.15) is 0 Å². The second kappa shape index (κ2) is 5.98. The highest BCUT2D eigenvalue weighted by atomic mass is 16.5. The highest BCUT2D eigenvalue weighted by molar-refractivity contribution is 5.70. The first kappa shape index (κ1) is 11.5. The summed E-state index contributed by atoms with van der Waals surface area (Å²) in [6.07, 6.45) is 0.480. The number of hydrogen-bond donors (Lipinski definition) is 0. The van der Waals surface area contributed by atoms with Gasteiger partial charge in [0.2, 0.25) is 0 Å². The van der Waals surface area contributed by atoms with Crippen molar-refractivity contribution in [2.24, 2.45) is 0 Å². The molecule has 1 aliphatic rings. The van der Waals surface area contributed by atoms with Crippen molar-refractivity contribution >= 4 is 5.97 Å². The highest BCUT2D eigenvalue weighted by Gasteiger charge is 2.19. The first-order valence-electron chi connectivity index (χ1n) is 5.21. The van der Waals surface area contributed by atoms with Gasteiger partial charge < -0.3 is 9.47 Å². The largest absolute Gasteiger partial charge is 0.466 e. The zero-order valence-electron chi connectivity index (χ0n) is 8.99. The molecule has 0 amide bonds. The van der Waals surface area contributed by atoms with E-state index in [1.807, 2.05) is 6.92 Å². The van der Waals surface area contributed by atoms with Crippen LogP contribution in [0.2, 0.25) is 0 Å². The molecule has 4 nitrogen and oxygen atoms in total. The summed E-state index contributed by atoms with van der Waals surface area (Å²) in [5, 5.41) is 0. The molecule has 0 spiro atoms. The normalized spacial score (nSPS) is 20.4. The van der Waals surface area contributed by atoms with Gasteiger partial charge in [0.1, 0.15) is 0 Å². The lowest BCUT2D eigenvalue weighted by Gasteiger charge is -2.31. The molecular weight excluding hydrogens is 182 g/mol. The second-order valence-corrected chi connectivity index (χ2v) is 3.51. The Morgan fingerprint density at radius 1 is 1.50 bits per heavy atom. The van der Waals surface area contributed by atoms with Crippen molar-refractivity contribution in [3.63, 3.8) is 0 Å². The Morgan fingerprint density at radius 2 is 2.14 bits per heavy atom. The van der Waals surface area contributed by atoms with Gasteiger partial charge in [0.25, 0.3) is 0 Å². The summed E-state index contributed by atoms with van der Waals surface area (Å²) in [5.74, 6) is -0.105. The molecular formula is C10H19NO3. The Balaban J connectivity index is 2.25. The van der Waals surface area contributed by atoms with Crippen LogP contribution in [0, 0.1) is 0 Å². The van der Waals surface area contributed by atoms with E-state index in [1.54, 1.807) is 0 Å². The molecule has 0 aromatic heterocycles. The number of carbonyl (C=O) groups excluding carboxylic acids is 1. The third-order valence-corrected chi connectivity index (χ3v) is 2.44. The first-order chi connectivity index (χ1) is 6.74. The van der Waals surface area contributed by atoms with Crippen LogP contribution in [0.1, 0.15) is 20.3 Å². The monoisotopic (exact) mass is 201 g/mol. The molecule has 0 bridgehead atoms. The van der Waals surface area contributed by atoms with E-state index in [2.05, 4.69) is 11.8 Å². The van der Waals surface area contributed by atoms with E-state index in [4.69, 9.17) is 9.47 Å². The minimum Gasteiger partial charge on any atom is -0.466 e. The molecule has 1 atom stereocenters. The van der Waals surface area contributed by atoms with Crippen LogP contribution in [-0.4, -0.2) is 49.8 Å². The summed E-state index contributed by atoms with van der Waals surface area (Å²) in [4.78, 5) is 13.5. The molecule has 0 saturated carbocycles. The number of ether oxygens (including phenoxy) is 2. The molecule has 1 rings (SSSR count). The standard InChI is InChI=1S/C10H19NO3/c1-3-14-10(12)8-9(2)11-4-6-13-7-5-11/h9H,3-8H2,1-2H3. The minimum absolute atomic E-state index is 0.105. The molecule has 0 aromatic carbocycles. The quantitative estimate of drug-likeness (QED) is 0.626. The summed E-state index contributed by atoms with van der Waals surface area (Å²) in [7, 11) is 0.